The first-order chi connectivity index (χ1) is 7.54. The first kappa shape index (κ1) is 14.9. The van der Waals surface area contributed by atoms with Crippen molar-refractivity contribution in [3.05, 3.63) is 12.2 Å². The Labute approximate surface area is 97.9 Å². The summed E-state index contributed by atoms with van der Waals surface area (Å²) in [7, 11) is 0. The summed E-state index contributed by atoms with van der Waals surface area (Å²) in [6, 6.07) is 0. The van der Waals surface area contributed by atoms with E-state index < -0.39 is 11.9 Å². The van der Waals surface area contributed by atoms with E-state index in [-0.39, 0.29) is 12.3 Å². The molecule has 0 heterocycles. The molecule has 92 valence electrons. The Morgan fingerprint density at radius 3 is 2.19 bits per heavy atom. The molecule has 16 heavy (non-hydrogen) atoms. The Balaban J connectivity index is 4.43. The number of allylic oxidation sites excluding steroid dienone is 2. The molecule has 0 saturated heterocycles. The number of esters is 2. The van der Waals surface area contributed by atoms with Crippen molar-refractivity contribution in [3.63, 3.8) is 0 Å². The molecule has 0 aromatic rings. The molecule has 0 amide bonds. The van der Waals surface area contributed by atoms with Gasteiger partial charge in [0.25, 0.3) is 0 Å². The van der Waals surface area contributed by atoms with Crippen molar-refractivity contribution in [2.45, 2.75) is 47.0 Å². The number of carbonyl (C=O) groups is 2. The van der Waals surface area contributed by atoms with Crippen LogP contribution in [0.4, 0.5) is 0 Å². The van der Waals surface area contributed by atoms with Gasteiger partial charge in [0.1, 0.15) is 0 Å². The van der Waals surface area contributed by atoms with Crippen molar-refractivity contribution < 1.29 is 14.3 Å². The maximum Gasteiger partial charge on any atom is 0.314 e. The molecule has 0 bridgehead atoms. The molecule has 0 rings (SSSR count). The molecule has 0 aromatic carbocycles. The van der Waals surface area contributed by atoms with Crippen LogP contribution in [-0.4, -0.2) is 11.9 Å². The van der Waals surface area contributed by atoms with Crippen LogP contribution in [0.1, 0.15) is 47.0 Å². The van der Waals surface area contributed by atoms with E-state index in [1.165, 1.54) is 6.92 Å². The highest BCUT2D eigenvalue weighted by Crippen LogP contribution is 2.24. The Morgan fingerprint density at radius 2 is 1.81 bits per heavy atom. The predicted molar refractivity (Wildman–Crippen MR) is 63.8 cm³/mol. The fourth-order valence-electron chi connectivity index (χ4n) is 1.93. The highest BCUT2D eigenvalue weighted by molar-refractivity contribution is 5.84. The number of carbonyl (C=O) groups excluding carboxylic acids is 2. The fourth-order valence-corrected chi connectivity index (χ4v) is 1.93. The SMILES string of the molecule is C/C=C\C(CC(=O)OC(C)=O)C(CC)CC. The lowest BCUT2D eigenvalue weighted by atomic mass is 9.85. The Morgan fingerprint density at radius 1 is 1.25 bits per heavy atom. The molecule has 3 heteroatoms. The van der Waals surface area contributed by atoms with Crippen molar-refractivity contribution in [1.29, 1.82) is 0 Å². The molecule has 0 saturated carbocycles. The van der Waals surface area contributed by atoms with Crippen LogP contribution in [0.3, 0.4) is 0 Å². The fraction of sp³-hybridized carbons (Fsp3) is 0.692. The van der Waals surface area contributed by atoms with E-state index in [1.807, 2.05) is 19.1 Å². The van der Waals surface area contributed by atoms with Gasteiger partial charge >= 0.3 is 11.9 Å². The zero-order valence-corrected chi connectivity index (χ0v) is 10.7. The van der Waals surface area contributed by atoms with E-state index >= 15 is 0 Å². The molecule has 0 aliphatic rings. The molecule has 0 aliphatic heterocycles. The molecular weight excluding hydrogens is 204 g/mol. The van der Waals surface area contributed by atoms with E-state index in [0.29, 0.717) is 5.92 Å². The number of hydrogen-bond donors (Lipinski definition) is 0. The Bertz CT molecular complexity index is 252. The van der Waals surface area contributed by atoms with Crippen molar-refractivity contribution >= 4 is 11.9 Å². The summed E-state index contributed by atoms with van der Waals surface area (Å²) in [6.07, 6.45) is 6.32. The Hall–Kier alpha value is -1.12. The summed E-state index contributed by atoms with van der Waals surface area (Å²) >= 11 is 0. The quantitative estimate of drug-likeness (QED) is 0.397. The lowest BCUT2D eigenvalue weighted by Crippen LogP contribution is -2.18. The van der Waals surface area contributed by atoms with Crippen LogP contribution < -0.4 is 0 Å². The maximum atomic E-state index is 11.4. The average Bonchev–Trinajstić information content (AvgIpc) is 2.18. The van der Waals surface area contributed by atoms with E-state index in [0.717, 1.165) is 12.8 Å². The van der Waals surface area contributed by atoms with Gasteiger partial charge in [0.2, 0.25) is 0 Å². The molecule has 0 aromatic heterocycles. The van der Waals surface area contributed by atoms with Gasteiger partial charge in [-0.25, -0.2) is 0 Å². The van der Waals surface area contributed by atoms with Crippen LogP contribution in [-0.2, 0) is 14.3 Å². The normalized spacial score (nSPS) is 13.1. The van der Waals surface area contributed by atoms with Gasteiger partial charge in [0.15, 0.2) is 0 Å². The molecule has 0 fully saturated rings. The van der Waals surface area contributed by atoms with Crippen LogP contribution >= 0.6 is 0 Å². The molecule has 3 nitrogen and oxygen atoms in total. The second-order valence-corrected chi connectivity index (χ2v) is 3.94. The van der Waals surface area contributed by atoms with Crippen molar-refractivity contribution in [3.8, 4) is 0 Å². The summed E-state index contributed by atoms with van der Waals surface area (Å²) in [5.74, 6) is -0.321. The lowest BCUT2D eigenvalue weighted by molar-refractivity contribution is -0.158. The van der Waals surface area contributed by atoms with Crippen molar-refractivity contribution in [2.75, 3.05) is 0 Å². The minimum Gasteiger partial charge on any atom is -0.393 e. The first-order valence-electron chi connectivity index (χ1n) is 5.89. The minimum absolute atomic E-state index is 0.173. The second-order valence-electron chi connectivity index (χ2n) is 3.94. The van der Waals surface area contributed by atoms with Gasteiger partial charge in [-0.3, -0.25) is 9.59 Å². The highest BCUT2D eigenvalue weighted by Gasteiger charge is 2.20. The Kier molecular flexibility index (Phi) is 7.52. The van der Waals surface area contributed by atoms with Crippen LogP contribution in [0, 0.1) is 11.8 Å². The van der Waals surface area contributed by atoms with Crippen LogP contribution in [0.5, 0.6) is 0 Å². The summed E-state index contributed by atoms with van der Waals surface area (Å²) in [4.78, 5) is 22.0. The van der Waals surface area contributed by atoms with Crippen LogP contribution in [0.25, 0.3) is 0 Å². The monoisotopic (exact) mass is 226 g/mol. The molecular formula is C13H22O3. The summed E-state index contributed by atoms with van der Waals surface area (Å²) < 4.78 is 4.55. The zero-order valence-electron chi connectivity index (χ0n) is 10.7. The summed E-state index contributed by atoms with van der Waals surface area (Å²) in [5.41, 5.74) is 0. The second kappa shape index (κ2) is 8.08. The van der Waals surface area contributed by atoms with Gasteiger partial charge in [-0.1, -0.05) is 38.8 Å². The van der Waals surface area contributed by atoms with Gasteiger partial charge in [-0.05, 0) is 18.8 Å². The van der Waals surface area contributed by atoms with Gasteiger partial charge < -0.3 is 4.74 Å². The van der Waals surface area contributed by atoms with Crippen molar-refractivity contribution in [1.82, 2.24) is 0 Å². The third kappa shape index (κ3) is 5.69. The molecule has 1 unspecified atom stereocenters. The standard InChI is InChI=1S/C13H22O3/c1-5-8-12(11(6-2)7-3)9-13(15)16-10(4)14/h5,8,11-12H,6-7,9H2,1-4H3/b8-5-. The van der Waals surface area contributed by atoms with E-state index in [9.17, 15) is 9.59 Å². The van der Waals surface area contributed by atoms with E-state index in [2.05, 4.69) is 18.6 Å². The van der Waals surface area contributed by atoms with Crippen LogP contribution in [0.15, 0.2) is 12.2 Å². The third-order valence-electron chi connectivity index (χ3n) is 2.75. The summed E-state index contributed by atoms with van der Waals surface area (Å²) in [6.45, 7) is 7.41. The zero-order chi connectivity index (χ0) is 12.6. The number of ether oxygens (including phenoxy) is 1. The van der Waals surface area contributed by atoms with Gasteiger partial charge in [0.05, 0.1) is 6.42 Å². The lowest BCUT2D eigenvalue weighted by Gasteiger charge is -2.21. The maximum absolute atomic E-state index is 11.4. The summed E-state index contributed by atoms with van der Waals surface area (Å²) in [5, 5.41) is 0. The van der Waals surface area contributed by atoms with Crippen molar-refractivity contribution in [2.24, 2.45) is 11.8 Å². The van der Waals surface area contributed by atoms with Crippen LogP contribution in [0.2, 0.25) is 0 Å². The van der Waals surface area contributed by atoms with E-state index in [4.69, 9.17) is 0 Å². The number of hydrogen-bond acceptors (Lipinski definition) is 3. The molecule has 0 spiro atoms. The molecule has 0 N–H and O–H groups in total. The highest BCUT2D eigenvalue weighted by atomic mass is 16.6. The van der Waals surface area contributed by atoms with Gasteiger partial charge in [0, 0.05) is 6.92 Å². The number of rotatable bonds is 6. The smallest absolute Gasteiger partial charge is 0.314 e. The van der Waals surface area contributed by atoms with E-state index in [1.54, 1.807) is 0 Å². The molecule has 0 radical (unpaired) electrons. The molecule has 1 atom stereocenters. The third-order valence-corrected chi connectivity index (χ3v) is 2.75. The minimum atomic E-state index is -0.534. The van der Waals surface area contributed by atoms with Gasteiger partial charge in [-0.15, -0.1) is 0 Å². The van der Waals surface area contributed by atoms with Gasteiger partial charge in [-0.2, -0.15) is 0 Å². The average molecular weight is 226 g/mol. The largest absolute Gasteiger partial charge is 0.393 e. The predicted octanol–water partition coefficient (Wildman–Crippen LogP) is 3.09. The molecule has 0 aliphatic carbocycles. The topological polar surface area (TPSA) is 43.4 Å². The first-order valence-corrected chi connectivity index (χ1v) is 5.89.